The molecule has 1 aromatic carbocycles. The molecule has 0 aliphatic heterocycles. The molecule has 6 rings (SSSR count). The minimum Gasteiger partial charge on any atom is -0.378 e. The number of nitrogens with one attached hydrogen (secondary N) is 2. The first kappa shape index (κ1) is 20.0. The van der Waals surface area contributed by atoms with Gasteiger partial charge in [0.25, 0.3) is 11.8 Å². The van der Waals surface area contributed by atoms with Crippen LogP contribution in [0.3, 0.4) is 0 Å². The van der Waals surface area contributed by atoms with Gasteiger partial charge in [0.2, 0.25) is 0 Å². The molecule has 2 N–H and O–H groups in total. The van der Waals surface area contributed by atoms with Gasteiger partial charge in [-0.2, -0.15) is 0 Å². The molecule has 6 heteroatoms. The van der Waals surface area contributed by atoms with Crippen LogP contribution in [0.1, 0.15) is 59.4 Å². The number of hydrogen-bond donors (Lipinski definition) is 2. The van der Waals surface area contributed by atoms with Gasteiger partial charge in [-0.25, -0.2) is 0 Å². The second kappa shape index (κ2) is 7.36. The molecule has 0 radical (unpaired) electrons. The summed E-state index contributed by atoms with van der Waals surface area (Å²) in [6.45, 7) is 0. The monoisotopic (exact) mass is 418 g/mol. The van der Waals surface area contributed by atoms with Gasteiger partial charge in [0, 0.05) is 42.6 Å². The molecule has 4 bridgehead atoms. The zero-order valence-electron chi connectivity index (χ0n) is 18.2. The lowest BCUT2D eigenvalue weighted by molar-refractivity contribution is -0.0448. The maximum absolute atomic E-state index is 13.1. The first-order chi connectivity index (χ1) is 14.9. The number of amides is 2. The Balaban J connectivity index is 1.35. The topological polar surface area (TPSA) is 74.3 Å². The standard InChI is InChI=1S/C25H30N4O2/c1-29(2)20-8-6-19(7-9-20)22(30)27-24-12-17-11-18(13-24)15-25(14-17,16-24)28-23(31)21-5-3-4-10-26-21/h3-10,17-18H,11-16H2,1-2H3,(H,27,30)(H,28,31). The van der Waals surface area contributed by atoms with Crippen molar-refractivity contribution in [3.05, 3.63) is 59.9 Å². The Kier molecular flexibility index (Phi) is 4.76. The number of rotatable bonds is 5. The number of pyridine rings is 1. The quantitative estimate of drug-likeness (QED) is 0.781. The average Bonchev–Trinajstić information content (AvgIpc) is 2.72. The first-order valence-corrected chi connectivity index (χ1v) is 11.2. The lowest BCUT2D eigenvalue weighted by Gasteiger charge is -2.62. The smallest absolute Gasteiger partial charge is 0.270 e. The van der Waals surface area contributed by atoms with Crippen molar-refractivity contribution in [2.75, 3.05) is 19.0 Å². The molecule has 2 amide bonds. The SMILES string of the molecule is CN(C)c1ccc(C(=O)NC23CC4CC(C2)CC(NC(=O)c2ccccn2)(C4)C3)cc1. The molecular weight excluding hydrogens is 388 g/mol. The predicted octanol–water partition coefficient (Wildman–Crippen LogP) is 3.40. The minimum atomic E-state index is -0.249. The van der Waals surface area contributed by atoms with Crippen molar-refractivity contribution < 1.29 is 9.59 Å². The van der Waals surface area contributed by atoms with E-state index in [4.69, 9.17) is 0 Å². The van der Waals surface area contributed by atoms with Gasteiger partial charge >= 0.3 is 0 Å². The van der Waals surface area contributed by atoms with Crippen molar-refractivity contribution >= 4 is 17.5 Å². The van der Waals surface area contributed by atoms with E-state index in [0.717, 1.165) is 37.8 Å². The molecule has 162 valence electrons. The van der Waals surface area contributed by atoms with Crippen LogP contribution in [0.4, 0.5) is 5.69 Å². The fourth-order valence-corrected chi connectivity index (χ4v) is 6.58. The molecule has 4 aliphatic carbocycles. The lowest BCUT2D eigenvalue weighted by atomic mass is 9.49. The fraction of sp³-hybridized carbons (Fsp3) is 0.480. The summed E-state index contributed by atoms with van der Waals surface area (Å²) in [4.78, 5) is 32.3. The van der Waals surface area contributed by atoms with Gasteiger partial charge < -0.3 is 15.5 Å². The maximum atomic E-state index is 13.1. The molecule has 0 spiro atoms. The second-order valence-electron chi connectivity index (χ2n) is 10.1. The van der Waals surface area contributed by atoms with Crippen molar-refractivity contribution in [3.8, 4) is 0 Å². The van der Waals surface area contributed by atoms with Gasteiger partial charge in [-0.15, -0.1) is 0 Å². The molecular formula is C25H30N4O2. The van der Waals surface area contributed by atoms with Gasteiger partial charge in [-0.3, -0.25) is 14.6 Å². The van der Waals surface area contributed by atoms with Gasteiger partial charge in [-0.1, -0.05) is 6.07 Å². The van der Waals surface area contributed by atoms with Gasteiger partial charge in [0.15, 0.2) is 0 Å². The third-order valence-electron chi connectivity index (χ3n) is 7.36. The van der Waals surface area contributed by atoms with E-state index in [-0.39, 0.29) is 22.9 Å². The fourth-order valence-electron chi connectivity index (χ4n) is 6.58. The van der Waals surface area contributed by atoms with E-state index in [1.54, 1.807) is 12.3 Å². The molecule has 0 saturated heterocycles. The second-order valence-corrected chi connectivity index (χ2v) is 10.1. The van der Waals surface area contributed by atoms with E-state index in [0.29, 0.717) is 23.1 Å². The van der Waals surface area contributed by atoms with Crippen molar-refractivity contribution in [2.45, 2.75) is 49.6 Å². The highest BCUT2D eigenvalue weighted by atomic mass is 16.2. The summed E-state index contributed by atoms with van der Waals surface area (Å²) in [5.41, 5.74) is 1.73. The zero-order chi connectivity index (χ0) is 21.6. The zero-order valence-corrected chi connectivity index (χ0v) is 18.2. The summed E-state index contributed by atoms with van der Waals surface area (Å²) in [5.74, 6) is 0.963. The largest absolute Gasteiger partial charge is 0.378 e. The Morgan fingerprint density at radius 1 is 0.903 bits per heavy atom. The minimum absolute atomic E-state index is 0.0153. The van der Waals surface area contributed by atoms with E-state index in [1.165, 1.54) is 6.42 Å². The number of nitrogens with zero attached hydrogens (tertiary/aromatic N) is 2. The third-order valence-corrected chi connectivity index (χ3v) is 7.36. The summed E-state index contributed by atoms with van der Waals surface area (Å²) in [5, 5.41) is 6.75. The van der Waals surface area contributed by atoms with Crippen LogP contribution in [-0.2, 0) is 0 Å². The Morgan fingerprint density at radius 3 is 2.06 bits per heavy atom. The third kappa shape index (κ3) is 3.80. The lowest BCUT2D eigenvalue weighted by Crippen LogP contribution is -2.69. The molecule has 1 heterocycles. The Bertz CT molecular complexity index is 972. The normalized spacial score (nSPS) is 30.6. The Morgan fingerprint density at radius 2 is 1.52 bits per heavy atom. The van der Waals surface area contributed by atoms with E-state index >= 15 is 0 Å². The van der Waals surface area contributed by atoms with Gasteiger partial charge in [0.05, 0.1) is 0 Å². The average molecular weight is 419 g/mol. The summed E-state index contributed by atoms with van der Waals surface area (Å²) in [7, 11) is 3.98. The first-order valence-electron chi connectivity index (χ1n) is 11.2. The molecule has 2 atom stereocenters. The van der Waals surface area contributed by atoms with Gasteiger partial charge in [0.1, 0.15) is 5.69 Å². The molecule has 2 unspecified atom stereocenters. The van der Waals surface area contributed by atoms with E-state index in [9.17, 15) is 9.59 Å². The molecule has 31 heavy (non-hydrogen) atoms. The molecule has 4 fully saturated rings. The van der Waals surface area contributed by atoms with E-state index in [2.05, 4.69) is 15.6 Å². The Labute approximate surface area is 183 Å². The number of carbonyl (C=O) groups is 2. The number of anilines is 1. The van der Waals surface area contributed by atoms with E-state index < -0.39 is 0 Å². The number of aromatic nitrogens is 1. The van der Waals surface area contributed by atoms with Crippen LogP contribution in [0.15, 0.2) is 48.7 Å². The summed E-state index contributed by atoms with van der Waals surface area (Å²) < 4.78 is 0. The number of benzene rings is 1. The van der Waals surface area contributed by atoms with Crippen LogP contribution in [0.2, 0.25) is 0 Å². The van der Waals surface area contributed by atoms with Gasteiger partial charge in [-0.05, 0) is 86.8 Å². The molecule has 1 aromatic heterocycles. The molecule has 4 saturated carbocycles. The highest BCUT2D eigenvalue weighted by Gasteiger charge is 2.58. The summed E-state index contributed by atoms with van der Waals surface area (Å²) in [6, 6.07) is 13.1. The van der Waals surface area contributed by atoms with E-state index in [1.807, 2.05) is 55.4 Å². The molecule has 6 nitrogen and oxygen atoms in total. The Hall–Kier alpha value is -2.89. The molecule has 4 aliphatic rings. The van der Waals surface area contributed by atoms with Crippen molar-refractivity contribution in [1.82, 2.24) is 15.6 Å². The highest BCUT2D eigenvalue weighted by Crippen LogP contribution is 2.57. The highest BCUT2D eigenvalue weighted by molar-refractivity contribution is 5.95. The van der Waals surface area contributed by atoms with Crippen LogP contribution in [0.5, 0.6) is 0 Å². The van der Waals surface area contributed by atoms with Crippen molar-refractivity contribution in [1.29, 1.82) is 0 Å². The predicted molar refractivity (Wildman–Crippen MR) is 120 cm³/mol. The van der Waals surface area contributed by atoms with Crippen molar-refractivity contribution in [3.63, 3.8) is 0 Å². The van der Waals surface area contributed by atoms with Crippen LogP contribution in [0, 0.1) is 11.8 Å². The van der Waals surface area contributed by atoms with Crippen LogP contribution >= 0.6 is 0 Å². The van der Waals surface area contributed by atoms with Crippen LogP contribution < -0.4 is 15.5 Å². The molecule has 2 aromatic rings. The maximum Gasteiger partial charge on any atom is 0.270 e. The number of hydrogen-bond acceptors (Lipinski definition) is 4. The summed E-state index contributed by atoms with van der Waals surface area (Å²) >= 11 is 0. The van der Waals surface area contributed by atoms with Crippen LogP contribution in [0.25, 0.3) is 0 Å². The number of carbonyl (C=O) groups excluding carboxylic acids is 2. The van der Waals surface area contributed by atoms with Crippen molar-refractivity contribution in [2.24, 2.45) is 11.8 Å². The van der Waals surface area contributed by atoms with Crippen LogP contribution in [-0.4, -0.2) is 42.0 Å². The summed E-state index contributed by atoms with van der Waals surface area (Å²) in [6.07, 6.45) is 7.66.